The largest absolute Gasteiger partial charge is 0.301 e. The van der Waals surface area contributed by atoms with Crippen molar-refractivity contribution in [3.05, 3.63) is 113 Å². The van der Waals surface area contributed by atoms with Crippen LogP contribution in [0.25, 0.3) is 0 Å². The minimum Gasteiger partial charge on any atom is -0.272 e. The zero-order valence-electron chi connectivity index (χ0n) is 18.6. The Morgan fingerprint density at radius 2 is 1.22 bits per heavy atom. The molecule has 188 valence electrons. The molecule has 0 aliphatic heterocycles. The molecule has 0 saturated carbocycles. The van der Waals surface area contributed by atoms with Crippen molar-refractivity contribution in [3.8, 4) is 0 Å². The topological polar surface area (TPSA) is 221 Å². The van der Waals surface area contributed by atoms with E-state index in [-0.39, 0.29) is 23.5 Å². The van der Waals surface area contributed by atoms with Crippen molar-refractivity contribution in [2.24, 2.45) is 10.2 Å². The summed E-state index contributed by atoms with van der Waals surface area (Å²) in [6.45, 7) is 0. The average molecular weight is 508 g/mol. The van der Waals surface area contributed by atoms with Gasteiger partial charge in [-0.15, -0.1) is 0 Å². The average Bonchev–Trinajstić information content (AvgIpc) is 2.87. The molecule has 3 aromatic carbocycles. The first-order valence-electron chi connectivity index (χ1n) is 10.2. The van der Waals surface area contributed by atoms with Crippen LogP contribution in [0.3, 0.4) is 0 Å². The highest BCUT2D eigenvalue weighted by molar-refractivity contribution is 6.31. The summed E-state index contributed by atoms with van der Waals surface area (Å²) in [7, 11) is 0. The van der Waals surface area contributed by atoms with Gasteiger partial charge in [0.1, 0.15) is 11.4 Å². The molecule has 0 bridgehead atoms. The first kappa shape index (κ1) is 25.8. The van der Waals surface area contributed by atoms with Crippen molar-refractivity contribution in [3.63, 3.8) is 0 Å². The van der Waals surface area contributed by atoms with Gasteiger partial charge in [-0.1, -0.05) is 30.3 Å². The molecule has 0 fully saturated rings. The molecule has 16 nitrogen and oxygen atoms in total. The second kappa shape index (κ2) is 11.6. The predicted molar refractivity (Wildman–Crippen MR) is 133 cm³/mol. The Hall–Kier alpha value is -5.80. The van der Waals surface area contributed by atoms with Crippen LogP contribution in [0.2, 0.25) is 0 Å². The Balaban J connectivity index is 1.90. The first-order chi connectivity index (χ1) is 17.7. The molecule has 0 radical (unpaired) electrons. The van der Waals surface area contributed by atoms with Gasteiger partial charge >= 0.3 is 11.4 Å². The number of benzene rings is 3. The zero-order chi connectivity index (χ0) is 26.9. The molecule has 0 spiro atoms. The van der Waals surface area contributed by atoms with Crippen LogP contribution < -0.4 is 10.9 Å². The fraction of sp³-hybridized carbons (Fsp3) is 0.0476. The van der Waals surface area contributed by atoms with Crippen LogP contribution in [0.4, 0.5) is 34.1 Å². The lowest BCUT2D eigenvalue weighted by Gasteiger charge is -2.06. The number of rotatable bonds is 11. The molecule has 0 aliphatic rings. The second-order valence-electron chi connectivity index (χ2n) is 7.18. The standard InChI is InChI=1S/C21H16N8O8/c30-26(31)16-6-8-18(20(11-16)28(34)35)24-22-13-15(10-14-4-2-1-3-5-14)23-25-19-9-7-17(27(32)33)12-21(19)29(36)37/h1-9,11-13,24-25H,10H2. The van der Waals surface area contributed by atoms with Crippen molar-refractivity contribution in [1.29, 1.82) is 0 Å². The highest BCUT2D eigenvalue weighted by Gasteiger charge is 2.20. The van der Waals surface area contributed by atoms with E-state index >= 15 is 0 Å². The number of hydrazone groups is 2. The Morgan fingerprint density at radius 3 is 1.70 bits per heavy atom. The van der Waals surface area contributed by atoms with Gasteiger partial charge in [0.2, 0.25) is 0 Å². The summed E-state index contributed by atoms with van der Waals surface area (Å²) in [6, 6.07) is 14.9. The maximum absolute atomic E-state index is 11.4. The van der Waals surface area contributed by atoms with E-state index in [0.29, 0.717) is 0 Å². The molecule has 0 amide bonds. The van der Waals surface area contributed by atoms with Gasteiger partial charge in [-0.3, -0.25) is 51.3 Å². The van der Waals surface area contributed by atoms with Gasteiger partial charge in [0.15, 0.2) is 0 Å². The van der Waals surface area contributed by atoms with Gasteiger partial charge in [-0.05, 0) is 17.7 Å². The molecule has 2 N–H and O–H groups in total. The SMILES string of the molecule is O=[N+]([O-])c1ccc(NN=CC(Cc2ccccc2)=NNc2ccc([N+](=O)[O-])cc2[N+](=O)[O-])c([N+](=O)[O-])c1. The van der Waals surface area contributed by atoms with Crippen LogP contribution >= 0.6 is 0 Å². The lowest BCUT2D eigenvalue weighted by molar-refractivity contribution is -0.393. The summed E-state index contributed by atoms with van der Waals surface area (Å²) in [6.07, 6.45) is 1.38. The van der Waals surface area contributed by atoms with Crippen molar-refractivity contribution >= 4 is 46.1 Å². The molecule has 3 rings (SSSR count). The van der Waals surface area contributed by atoms with Crippen LogP contribution in [0.1, 0.15) is 5.56 Å². The van der Waals surface area contributed by atoms with E-state index in [1.165, 1.54) is 6.21 Å². The van der Waals surface area contributed by atoms with Crippen molar-refractivity contribution in [2.45, 2.75) is 6.42 Å². The molecular weight excluding hydrogens is 492 g/mol. The van der Waals surface area contributed by atoms with E-state index in [1.54, 1.807) is 30.3 Å². The van der Waals surface area contributed by atoms with Crippen molar-refractivity contribution in [1.82, 2.24) is 0 Å². The maximum Gasteiger partial charge on any atom is 0.301 e. The minimum absolute atomic E-state index is 0.117. The van der Waals surface area contributed by atoms with E-state index in [2.05, 4.69) is 21.1 Å². The number of non-ortho nitro benzene ring substituents is 2. The first-order valence-corrected chi connectivity index (χ1v) is 10.2. The number of hydrogen-bond donors (Lipinski definition) is 2. The highest BCUT2D eigenvalue weighted by Crippen LogP contribution is 2.30. The number of hydrogen-bond acceptors (Lipinski definition) is 12. The smallest absolute Gasteiger partial charge is 0.272 e. The van der Waals surface area contributed by atoms with Crippen molar-refractivity contribution in [2.75, 3.05) is 10.9 Å². The van der Waals surface area contributed by atoms with Crippen LogP contribution in [0.15, 0.2) is 76.9 Å². The van der Waals surface area contributed by atoms with Gasteiger partial charge in [0.05, 0.1) is 43.8 Å². The Bertz CT molecular complexity index is 1430. The Labute approximate surface area is 206 Å². The Morgan fingerprint density at radius 1 is 0.703 bits per heavy atom. The molecule has 0 unspecified atom stereocenters. The van der Waals surface area contributed by atoms with Crippen LogP contribution in [0, 0.1) is 40.5 Å². The third-order valence-corrected chi connectivity index (χ3v) is 4.72. The van der Waals surface area contributed by atoms with Crippen molar-refractivity contribution < 1.29 is 19.7 Å². The molecule has 0 saturated heterocycles. The van der Waals surface area contributed by atoms with Crippen LogP contribution in [0.5, 0.6) is 0 Å². The lowest BCUT2D eigenvalue weighted by Crippen LogP contribution is -2.10. The Kier molecular flexibility index (Phi) is 8.06. The fourth-order valence-corrected chi connectivity index (χ4v) is 2.99. The number of anilines is 2. The molecule has 0 heterocycles. The van der Waals surface area contributed by atoms with Gasteiger partial charge in [0, 0.05) is 18.6 Å². The molecule has 0 aromatic heterocycles. The number of nitrogens with one attached hydrogen (secondary N) is 2. The van der Waals surface area contributed by atoms with Gasteiger partial charge in [-0.25, -0.2) is 0 Å². The zero-order valence-corrected chi connectivity index (χ0v) is 18.6. The van der Waals surface area contributed by atoms with Crippen LogP contribution in [-0.2, 0) is 6.42 Å². The third-order valence-electron chi connectivity index (χ3n) is 4.72. The molecule has 16 heteroatoms. The van der Waals surface area contributed by atoms with Gasteiger partial charge in [0.25, 0.3) is 11.4 Å². The normalized spacial score (nSPS) is 11.2. The quantitative estimate of drug-likeness (QED) is 0.210. The third kappa shape index (κ3) is 6.85. The molecule has 0 atom stereocenters. The van der Waals surface area contributed by atoms with Gasteiger partial charge < -0.3 is 0 Å². The molecule has 0 aliphatic carbocycles. The fourth-order valence-electron chi connectivity index (χ4n) is 2.99. The number of nitro groups is 4. The highest BCUT2D eigenvalue weighted by atomic mass is 16.6. The summed E-state index contributed by atoms with van der Waals surface area (Å²) in [5.41, 5.74) is 3.61. The van der Waals surface area contributed by atoms with Gasteiger partial charge in [-0.2, -0.15) is 10.2 Å². The van der Waals surface area contributed by atoms with E-state index in [1.807, 2.05) is 0 Å². The number of nitro benzene ring substituents is 4. The second-order valence-corrected chi connectivity index (χ2v) is 7.18. The maximum atomic E-state index is 11.4. The van der Waals surface area contributed by atoms with E-state index in [9.17, 15) is 40.5 Å². The minimum atomic E-state index is -0.806. The summed E-state index contributed by atoms with van der Waals surface area (Å²) < 4.78 is 0. The predicted octanol–water partition coefficient (Wildman–Crippen LogP) is 4.43. The van der Waals surface area contributed by atoms with E-state index in [4.69, 9.17) is 0 Å². The summed E-state index contributed by atoms with van der Waals surface area (Å²) >= 11 is 0. The summed E-state index contributed by atoms with van der Waals surface area (Å²) in [5.74, 6) is 0. The van der Waals surface area contributed by atoms with E-state index in [0.717, 1.165) is 42.0 Å². The monoisotopic (exact) mass is 508 g/mol. The van der Waals surface area contributed by atoms with Crippen LogP contribution in [-0.4, -0.2) is 31.6 Å². The summed E-state index contributed by atoms with van der Waals surface area (Å²) in [5, 5.41) is 52.6. The number of nitrogens with zero attached hydrogens (tertiary/aromatic N) is 6. The summed E-state index contributed by atoms with van der Waals surface area (Å²) in [4.78, 5) is 41.4. The van der Waals surface area contributed by atoms with E-state index < -0.39 is 42.4 Å². The molecular formula is C21H16N8O8. The molecule has 3 aromatic rings. The lowest BCUT2D eigenvalue weighted by atomic mass is 10.1. The molecule has 37 heavy (non-hydrogen) atoms.